The molecule has 0 saturated carbocycles. The minimum Gasteiger partial charge on any atom is -0.360 e. The van der Waals surface area contributed by atoms with Crippen molar-refractivity contribution in [2.45, 2.75) is 18.7 Å². The summed E-state index contributed by atoms with van der Waals surface area (Å²) in [5.74, 6) is -0.577. The van der Waals surface area contributed by atoms with Crippen molar-refractivity contribution in [1.29, 1.82) is 0 Å². The molecule has 24 heavy (non-hydrogen) atoms. The van der Waals surface area contributed by atoms with Crippen LogP contribution in [0.4, 0.5) is 10.2 Å². The molecule has 1 aromatic carbocycles. The molecular weight excluding hydrogens is 361 g/mol. The van der Waals surface area contributed by atoms with Gasteiger partial charge in [0.05, 0.1) is 10.6 Å². The monoisotopic (exact) mass is 377 g/mol. The van der Waals surface area contributed by atoms with E-state index in [1.807, 2.05) is 0 Å². The molecule has 2 N–H and O–H groups in total. The second-order valence-corrected chi connectivity index (χ2v) is 8.66. The average Bonchev–Trinajstić information content (AvgIpc) is 2.85. The van der Waals surface area contributed by atoms with Crippen molar-refractivity contribution in [1.82, 2.24) is 9.88 Å². The Labute approximate surface area is 139 Å². The highest BCUT2D eigenvalue weighted by Gasteiger charge is 2.18. The van der Waals surface area contributed by atoms with Crippen LogP contribution in [0.25, 0.3) is 0 Å². The van der Waals surface area contributed by atoms with Gasteiger partial charge in [0.1, 0.15) is 11.6 Å². The zero-order chi connectivity index (χ0) is 18.0. The van der Waals surface area contributed by atoms with Crippen LogP contribution in [0.15, 0.2) is 33.7 Å². The predicted octanol–water partition coefficient (Wildman–Crippen LogP) is 1.15. The maximum atomic E-state index is 13.2. The van der Waals surface area contributed by atoms with Gasteiger partial charge in [-0.1, -0.05) is 5.16 Å². The van der Waals surface area contributed by atoms with Crippen LogP contribution in [0.2, 0.25) is 0 Å². The number of hydrogen-bond donors (Lipinski definition) is 2. The maximum Gasteiger partial charge on any atom is 0.240 e. The molecule has 1 aromatic heterocycles. The highest BCUT2D eigenvalue weighted by atomic mass is 32.2. The summed E-state index contributed by atoms with van der Waals surface area (Å²) in [6.07, 6.45) is 0. The van der Waals surface area contributed by atoms with E-state index in [0.29, 0.717) is 5.76 Å². The molecule has 1 heterocycles. The van der Waals surface area contributed by atoms with Gasteiger partial charge in [0.25, 0.3) is 0 Å². The molecule has 0 atom stereocenters. The summed E-state index contributed by atoms with van der Waals surface area (Å²) < 4.78 is 70.1. The van der Waals surface area contributed by atoms with Crippen LogP contribution in [-0.4, -0.2) is 34.3 Å². The van der Waals surface area contributed by atoms with Gasteiger partial charge in [-0.05, 0) is 37.6 Å². The van der Waals surface area contributed by atoms with Gasteiger partial charge in [0.15, 0.2) is 5.82 Å². The molecule has 0 aliphatic carbocycles. The number of sulfonamides is 2. The summed E-state index contributed by atoms with van der Waals surface area (Å²) >= 11 is 0. The van der Waals surface area contributed by atoms with Gasteiger partial charge in [-0.3, -0.25) is 4.72 Å². The van der Waals surface area contributed by atoms with Gasteiger partial charge in [-0.25, -0.2) is 25.9 Å². The molecule has 0 unspecified atom stereocenters. The Morgan fingerprint density at radius 1 is 1.17 bits per heavy atom. The van der Waals surface area contributed by atoms with E-state index in [-0.39, 0.29) is 22.8 Å². The lowest BCUT2D eigenvalue weighted by atomic mass is 10.2. The number of nitrogens with zero attached hydrogens (tertiary/aromatic N) is 1. The Bertz CT molecular complexity index is 938. The van der Waals surface area contributed by atoms with Crippen LogP contribution in [0.3, 0.4) is 0 Å². The van der Waals surface area contributed by atoms with Gasteiger partial charge in [0, 0.05) is 12.6 Å². The Kier molecular flexibility index (Phi) is 5.26. The first-order valence-corrected chi connectivity index (χ1v) is 9.92. The molecule has 0 spiro atoms. The number of anilines is 1. The third-order valence-electron chi connectivity index (χ3n) is 2.99. The van der Waals surface area contributed by atoms with E-state index >= 15 is 0 Å². The van der Waals surface area contributed by atoms with Gasteiger partial charge in [-0.2, -0.15) is 0 Å². The Morgan fingerprint density at radius 3 is 2.46 bits per heavy atom. The smallest absolute Gasteiger partial charge is 0.240 e. The van der Waals surface area contributed by atoms with Crippen LogP contribution < -0.4 is 9.44 Å². The molecule has 0 fully saturated rings. The van der Waals surface area contributed by atoms with Crippen LogP contribution in [0, 0.1) is 19.7 Å². The largest absolute Gasteiger partial charge is 0.360 e. The van der Waals surface area contributed by atoms with Crippen LogP contribution >= 0.6 is 0 Å². The topological polar surface area (TPSA) is 118 Å². The van der Waals surface area contributed by atoms with Crippen molar-refractivity contribution in [3.8, 4) is 0 Å². The van der Waals surface area contributed by atoms with Crippen LogP contribution in [0.1, 0.15) is 11.3 Å². The summed E-state index contributed by atoms with van der Waals surface area (Å²) in [6.45, 7) is 2.68. The molecular formula is C13H16FN3O5S2. The van der Waals surface area contributed by atoms with E-state index in [1.165, 1.54) is 19.1 Å². The number of halogens is 1. The number of rotatable bonds is 7. The number of hydrogen-bond acceptors (Lipinski definition) is 6. The molecule has 132 valence electrons. The van der Waals surface area contributed by atoms with E-state index in [2.05, 4.69) is 14.6 Å². The van der Waals surface area contributed by atoms with Crippen LogP contribution in [-0.2, 0) is 20.0 Å². The van der Waals surface area contributed by atoms with Crippen molar-refractivity contribution in [3.05, 3.63) is 41.4 Å². The van der Waals surface area contributed by atoms with Crippen molar-refractivity contribution < 1.29 is 25.7 Å². The fourth-order valence-corrected chi connectivity index (χ4v) is 3.94. The third kappa shape index (κ3) is 4.76. The lowest BCUT2D eigenvalue weighted by Gasteiger charge is -2.08. The number of benzene rings is 1. The summed E-state index contributed by atoms with van der Waals surface area (Å²) in [5, 5.41) is 3.48. The fourth-order valence-electron chi connectivity index (χ4n) is 1.80. The molecule has 0 amide bonds. The Morgan fingerprint density at radius 2 is 1.88 bits per heavy atom. The zero-order valence-corrected chi connectivity index (χ0v) is 14.5. The lowest BCUT2D eigenvalue weighted by Crippen LogP contribution is -2.31. The minimum absolute atomic E-state index is 0.0181. The molecule has 0 saturated heterocycles. The summed E-state index contributed by atoms with van der Waals surface area (Å²) in [7, 11) is -7.73. The second kappa shape index (κ2) is 6.87. The number of aromatic nitrogens is 1. The summed E-state index contributed by atoms with van der Waals surface area (Å²) in [5.41, 5.74) is 0.175. The quantitative estimate of drug-likeness (QED) is 0.747. The van der Waals surface area contributed by atoms with Crippen molar-refractivity contribution in [2.24, 2.45) is 0 Å². The standard InChI is InChI=1S/C13H16FN3O5S2/c1-9-7-11(3-4-12(9)14)24(20,21)15-5-6-23(18,19)17-13-8-10(2)22-16-13/h3-4,7-8,15H,5-6H2,1-2H3,(H,16,17). The molecule has 2 rings (SSSR count). The number of aryl methyl sites for hydroxylation is 2. The van der Waals surface area contributed by atoms with Crippen LogP contribution in [0.5, 0.6) is 0 Å². The van der Waals surface area contributed by atoms with E-state index in [9.17, 15) is 21.2 Å². The van der Waals surface area contributed by atoms with E-state index < -0.39 is 31.6 Å². The minimum atomic E-state index is -3.93. The SMILES string of the molecule is Cc1cc(NS(=O)(=O)CCNS(=O)(=O)c2ccc(F)c(C)c2)no1. The van der Waals surface area contributed by atoms with E-state index in [4.69, 9.17) is 4.52 Å². The third-order valence-corrected chi connectivity index (χ3v) is 5.71. The molecule has 11 heteroatoms. The first kappa shape index (κ1) is 18.4. The molecule has 0 aliphatic heterocycles. The second-order valence-electron chi connectivity index (χ2n) is 5.05. The molecule has 0 bridgehead atoms. The number of nitrogens with one attached hydrogen (secondary N) is 2. The highest BCUT2D eigenvalue weighted by molar-refractivity contribution is 7.92. The summed E-state index contributed by atoms with van der Waals surface area (Å²) in [4.78, 5) is -0.140. The molecule has 0 aliphatic rings. The molecule has 2 aromatic rings. The van der Waals surface area contributed by atoms with E-state index in [1.54, 1.807) is 6.92 Å². The Hall–Kier alpha value is -1.98. The van der Waals surface area contributed by atoms with E-state index in [0.717, 1.165) is 12.1 Å². The van der Waals surface area contributed by atoms with Crippen molar-refractivity contribution >= 4 is 25.9 Å². The van der Waals surface area contributed by atoms with Crippen molar-refractivity contribution in [2.75, 3.05) is 17.0 Å². The summed E-state index contributed by atoms with van der Waals surface area (Å²) in [6, 6.07) is 4.70. The highest BCUT2D eigenvalue weighted by Crippen LogP contribution is 2.14. The Balaban J connectivity index is 1.98. The first-order chi connectivity index (χ1) is 11.1. The van der Waals surface area contributed by atoms with Crippen molar-refractivity contribution in [3.63, 3.8) is 0 Å². The predicted molar refractivity (Wildman–Crippen MR) is 85.0 cm³/mol. The molecule has 8 nitrogen and oxygen atoms in total. The normalized spacial score (nSPS) is 12.3. The first-order valence-electron chi connectivity index (χ1n) is 6.79. The van der Waals surface area contributed by atoms with Gasteiger partial charge in [0.2, 0.25) is 20.0 Å². The fraction of sp³-hybridized carbons (Fsp3) is 0.308. The maximum absolute atomic E-state index is 13.2. The molecule has 0 radical (unpaired) electrons. The lowest BCUT2D eigenvalue weighted by molar-refractivity contribution is 0.400. The van der Waals surface area contributed by atoms with Gasteiger partial charge >= 0.3 is 0 Å². The zero-order valence-electron chi connectivity index (χ0n) is 12.9. The van der Waals surface area contributed by atoms with Gasteiger partial charge in [-0.15, -0.1) is 0 Å². The average molecular weight is 377 g/mol. The van der Waals surface area contributed by atoms with Gasteiger partial charge < -0.3 is 4.52 Å².